The van der Waals surface area contributed by atoms with Crippen LogP contribution < -0.4 is 10.6 Å². The molecular weight excluding hydrogens is 524 g/mol. The van der Waals surface area contributed by atoms with Crippen LogP contribution in [0.25, 0.3) is 5.53 Å². The standard InChI is InChI=1S/C31H32N4O6/c1-21(2)26(34-31(39)41-20-24-16-10-5-11-17-24)29(37)27(35-32)28(36)25(18-22-12-6-3-7-13-22)33-30(38)40-19-23-14-8-4-9-15-23/h3-17,21,25-26H,18-20H2,1-2H3,(H,33,38)(H,34,39)/t25-,26-/m1/s1. The largest absolute Gasteiger partial charge is 0.445 e. The summed E-state index contributed by atoms with van der Waals surface area (Å²) in [6.07, 6.45) is -1.78. The predicted octanol–water partition coefficient (Wildman–Crippen LogP) is 4.28. The van der Waals surface area contributed by atoms with Crippen molar-refractivity contribution in [1.82, 2.24) is 10.6 Å². The zero-order chi connectivity index (χ0) is 29.6. The van der Waals surface area contributed by atoms with E-state index in [1.54, 1.807) is 92.7 Å². The number of ether oxygens (including phenoxy) is 2. The summed E-state index contributed by atoms with van der Waals surface area (Å²) < 4.78 is 10.5. The number of carbonyl (C=O) groups excluding carboxylic acids is 4. The Morgan fingerprint density at radius 3 is 1.56 bits per heavy atom. The minimum absolute atomic E-state index is 0.00863. The van der Waals surface area contributed by atoms with Gasteiger partial charge in [-0.2, -0.15) is 4.79 Å². The van der Waals surface area contributed by atoms with E-state index in [1.165, 1.54) is 0 Å². The first-order valence-corrected chi connectivity index (χ1v) is 13.1. The molecule has 0 unspecified atom stereocenters. The van der Waals surface area contributed by atoms with E-state index in [0.717, 1.165) is 11.1 Å². The average molecular weight is 557 g/mol. The molecule has 10 nitrogen and oxygen atoms in total. The Morgan fingerprint density at radius 1 is 0.683 bits per heavy atom. The molecule has 212 valence electrons. The van der Waals surface area contributed by atoms with Gasteiger partial charge < -0.3 is 25.6 Å². The Kier molecular flexibility index (Phi) is 11.5. The quantitative estimate of drug-likeness (QED) is 0.139. The molecule has 0 aliphatic heterocycles. The fourth-order valence-electron chi connectivity index (χ4n) is 3.93. The van der Waals surface area contributed by atoms with Crippen molar-refractivity contribution in [2.45, 2.75) is 45.6 Å². The minimum atomic E-state index is -1.30. The Hall–Kier alpha value is -5.08. The average Bonchev–Trinajstić information content (AvgIpc) is 2.99. The van der Waals surface area contributed by atoms with Crippen LogP contribution in [0.2, 0.25) is 0 Å². The molecule has 0 bridgehead atoms. The van der Waals surface area contributed by atoms with Crippen molar-refractivity contribution in [2.75, 3.05) is 0 Å². The SMILES string of the molecule is CC(C)[C@@H](NC(=O)OCc1ccccc1)C(=O)C(=[N+]=[N-])C(=O)[C@@H](Cc1ccccc1)NC(=O)OCc1ccccc1. The van der Waals surface area contributed by atoms with Crippen molar-refractivity contribution in [1.29, 1.82) is 0 Å². The minimum Gasteiger partial charge on any atom is -0.445 e. The van der Waals surface area contributed by atoms with Gasteiger partial charge in [0.1, 0.15) is 25.3 Å². The zero-order valence-electron chi connectivity index (χ0n) is 22.9. The van der Waals surface area contributed by atoms with Crippen molar-refractivity contribution in [3.8, 4) is 0 Å². The van der Waals surface area contributed by atoms with E-state index < -0.39 is 47.5 Å². The molecule has 0 radical (unpaired) electrons. The number of hydrogen-bond acceptors (Lipinski definition) is 6. The van der Waals surface area contributed by atoms with E-state index in [0.29, 0.717) is 5.56 Å². The number of benzene rings is 3. The van der Waals surface area contributed by atoms with Crippen LogP contribution in [0.3, 0.4) is 0 Å². The smallest absolute Gasteiger partial charge is 0.408 e. The van der Waals surface area contributed by atoms with E-state index in [1.807, 2.05) is 12.1 Å². The highest BCUT2D eigenvalue weighted by Gasteiger charge is 2.42. The van der Waals surface area contributed by atoms with Crippen molar-refractivity contribution < 1.29 is 33.4 Å². The molecular formula is C31H32N4O6. The summed E-state index contributed by atoms with van der Waals surface area (Å²) >= 11 is 0. The molecule has 0 saturated heterocycles. The van der Waals surface area contributed by atoms with Crippen LogP contribution in [0.1, 0.15) is 30.5 Å². The van der Waals surface area contributed by atoms with Crippen LogP contribution in [0.4, 0.5) is 9.59 Å². The highest BCUT2D eigenvalue weighted by molar-refractivity contribution is 6.66. The number of nitrogens with one attached hydrogen (secondary N) is 2. The second-order valence-electron chi connectivity index (χ2n) is 9.55. The second kappa shape index (κ2) is 15.5. The number of alkyl carbamates (subject to hydrolysis) is 2. The van der Waals surface area contributed by atoms with Crippen LogP contribution in [0.15, 0.2) is 91.0 Å². The fourth-order valence-corrected chi connectivity index (χ4v) is 3.93. The number of Topliss-reactive ketones (excluding diaryl/α,β-unsaturated/α-hetero) is 2. The van der Waals surface area contributed by atoms with Gasteiger partial charge >= 0.3 is 17.9 Å². The lowest BCUT2D eigenvalue weighted by Gasteiger charge is -2.20. The van der Waals surface area contributed by atoms with E-state index in [9.17, 15) is 24.7 Å². The summed E-state index contributed by atoms with van der Waals surface area (Å²) in [6.45, 7) is 3.24. The molecule has 0 spiro atoms. The van der Waals surface area contributed by atoms with E-state index in [2.05, 4.69) is 15.4 Å². The van der Waals surface area contributed by atoms with Gasteiger partial charge in [-0.15, -0.1) is 0 Å². The monoisotopic (exact) mass is 556 g/mol. The zero-order valence-corrected chi connectivity index (χ0v) is 22.9. The molecule has 0 aliphatic rings. The molecule has 0 saturated carbocycles. The van der Waals surface area contributed by atoms with Crippen molar-refractivity contribution in [3.63, 3.8) is 0 Å². The summed E-state index contributed by atoms with van der Waals surface area (Å²) in [6, 6.07) is 24.2. The number of hydrogen-bond donors (Lipinski definition) is 2. The van der Waals surface area contributed by atoms with Gasteiger partial charge in [0.05, 0.1) is 0 Å². The molecule has 3 rings (SSSR count). The van der Waals surface area contributed by atoms with Gasteiger partial charge in [-0.25, -0.2) is 9.59 Å². The molecule has 3 aromatic rings. The number of carbonyl (C=O) groups is 4. The third-order valence-electron chi connectivity index (χ3n) is 6.11. The van der Waals surface area contributed by atoms with E-state index in [4.69, 9.17) is 9.47 Å². The number of rotatable bonds is 13. The lowest BCUT2D eigenvalue weighted by Crippen LogP contribution is -2.53. The Morgan fingerprint density at radius 2 is 1.12 bits per heavy atom. The Labute approximate surface area is 238 Å². The van der Waals surface area contributed by atoms with Crippen LogP contribution in [-0.4, -0.2) is 46.3 Å². The summed E-state index contributed by atoms with van der Waals surface area (Å²) in [5, 5.41) is 4.94. The molecule has 2 amide bonds. The lowest BCUT2D eigenvalue weighted by atomic mass is 9.91. The molecule has 10 heteroatoms. The van der Waals surface area contributed by atoms with Gasteiger partial charge in [0, 0.05) is 6.42 Å². The van der Waals surface area contributed by atoms with Gasteiger partial charge in [0.15, 0.2) is 0 Å². The van der Waals surface area contributed by atoms with E-state index in [-0.39, 0.29) is 19.6 Å². The first kappa shape index (κ1) is 30.5. The maximum Gasteiger partial charge on any atom is 0.408 e. The van der Waals surface area contributed by atoms with E-state index >= 15 is 0 Å². The summed E-state index contributed by atoms with van der Waals surface area (Å²) in [5.74, 6) is -2.36. The normalized spacial score (nSPS) is 11.9. The Bertz CT molecular complexity index is 1370. The second-order valence-corrected chi connectivity index (χ2v) is 9.55. The molecule has 0 heterocycles. The number of ketones is 2. The van der Waals surface area contributed by atoms with Crippen molar-refractivity contribution >= 4 is 29.5 Å². The van der Waals surface area contributed by atoms with Crippen molar-refractivity contribution in [2.24, 2.45) is 5.92 Å². The molecule has 0 fully saturated rings. The van der Waals surface area contributed by atoms with Crippen LogP contribution in [0, 0.1) is 5.92 Å². The first-order valence-electron chi connectivity index (χ1n) is 13.1. The third kappa shape index (κ3) is 9.56. The van der Waals surface area contributed by atoms with Crippen molar-refractivity contribution in [3.05, 3.63) is 113 Å². The number of nitrogens with zero attached hydrogens (tertiary/aromatic N) is 2. The van der Waals surface area contributed by atoms with Crippen LogP contribution >= 0.6 is 0 Å². The van der Waals surface area contributed by atoms with Crippen LogP contribution in [0.5, 0.6) is 0 Å². The highest BCUT2D eigenvalue weighted by atomic mass is 16.6. The fraction of sp³-hybridized carbons (Fsp3) is 0.258. The molecule has 2 N–H and O–H groups in total. The van der Waals surface area contributed by atoms with Gasteiger partial charge in [0.25, 0.3) is 11.6 Å². The molecule has 0 aliphatic carbocycles. The lowest BCUT2D eigenvalue weighted by molar-refractivity contribution is -0.126. The summed E-state index contributed by atoms with van der Waals surface area (Å²) in [7, 11) is 0. The molecule has 2 atom stereocenters. The summed E-state index contributed by atoms with van der Waals surface area (Å²) in [4.78, 5) is 55.0. The molecule has 0 aromatic heterocycles. The van der Waals surface area contributed by atoms with Gasteiger partial charge in [0.2, 0.25) is 0 Å². The Balaban J connectivity index is 1.73. The third-order valence-corrected chi connectivity index (χ3v) is 6.11. The molecule has 3 aromatic carbocycles. The maximum absolute atomic E-state index is 13.5. The van der Waals surface area contributed by atoms with Gasteiger partial charge in [-0.1, -0.05) is 105 Å². The van der Waals surface area contributed by atoms with Gasteiger partial charge in [-0.3, -0.25) is 9.59 Å². The summed E-state index contributed by atoms with van der Waals surface area (Å²) in [5.41, 5.74) is 11.1. The van der Waals surface area contributed by atoms with Gasteiger partial charge in [-0.05, 0) is 22.6 Å². The molecule has 41 heavy (non-hydrogen) atoms. The highest BCUT2D eigenvalue weighted by Crippen LogP contribution is 2.10. The first-order chi connectivity index (χ1) is 19.8. The topological polar surface area (TPSA) is 147 Å². The number of amides is 2. The maximum atomic E-state index is 13.5. The predicted molar refractivity (Wildman–Crippen MR) is 151 cm³/mol. The van der Waals surface area contributed by atoms with Crippen LogP contribution in [-0.2, 0) is 38.7 Å².